The molecule has 0 aliphatic carbocycles. The Kier molecular flexibility index (Phi) is 4.54. The summed E-state index contributed by atoms with van der Waals surface area (Å²) in [4.78, 5) is 2.37. The van der Waals surface area contributed by atoms with Gasteiger partial charge in [-0.15, -0.1) is 6.58 Å². The maximum Gasteiger partial charge on any atom is 0.0173 e. The molecule has 0 spiro atoms. The van der Waals surface area contributed by atoms with Crippen LogP contribution in [0.2, 0.25) is 0 Å². The molecule has 0 radical (unpaired) electrons. The van der Waals surface area contributed by atoms with Crippen molar-refractivity contribution in [3.63, 3.8) is 0 Å². The quantitative estimate of drug-likeness (QED) is 0.490. The van der Waals surface area contributed by atoms with Gasteiger partial charge in [-0.3, -0.25) is 0 Å². The van der Waals surface area contributed by atoms with Crippen LogP contribution < -0.4 is 5.32 Å². The van der Waals surface area contributed by atoms with Gasteiger partial charge in [0, 0.05) is 26.2 Å². The summed E-state index contributed by atoms with van der Waals surface area (Å²) in [5.74, 6) is 0. The van der Waals surface area contributed by atoms with Crippen molar-refractivity contribution in [2.45, 2.75) is 12.8 Å². The van der Waals surface area contributed by atoms with Gasteiger partial charge >= 0.3 is 0 Å². The van der Waals surface area contributed by atoms with Gasteiger partial charge in [0.2, 0.25) is 0 Å². The van der Waals surface area contributed by atoms with Crippen LogP contribution in [0.5, 0.6) is 0 Å². The molecule has 0 bridgehead atoms. The smallest absolute Gasteiger partial charge is 0.0173 e. The summed E-state index contributed by atoms with van der Waals surface area (Å²) in [5.41, 5.74) is 0. The minimum Gasteiger partial charge on any atom is -0.378 e. The average molecular weight is 166 g/mol. The first-order chi connectivity index (χ1) is 5.93. The first-order valence-electron chi connectivity index (χ1n) is 4.66. The zero-order valence-electron chi connectivity index (χ0n) is 7.63. The van der Waals surface area contributed by atoms with E-state index in [0.29, 0.717) is 0 Å². The zero-order valence-corrected chi connectivity index (χ0v) is 7.63. The zero-order chi connectivity index (χ0) is 8.65. The Hall–Kier alpha value is -0.760. The highest BCUT2D eigenvalue weighted by atomic mass is 15.1. The van der Waals surface area contributed by atoms with Crippen molar-refractivity contribution in [1.29, 1.82) is 0 Å². The van der Waals surface area contributed by atoms with E-state index in [4.69, 9.17) is 0 Å². The van der Waals surface area contributed by atoms with Gasteiger partial charge in [-0.1, -0.05) is 12.2 Å². The number of nitrogens with zero attached hydrogens (tertiary/aromatic N) is 1. The number of nitrogens with one attached hydrogen (secondary N) is 1. The van der Waals surface area contributed by atoms with Crippen LogP contribution in [-0.4, -0.2) is 31.1 Å². The molecule has 1 heterocycles. The molecule has 1 aliphatic rings. The molecule has 2 heteroatoms. The van der Waals surface area contributed by atoms with E-state index in [9.17, 15) is 0 Å². The summed E-state index contributed by atoms with van der Waals surface area (Å²) >= 11 is 0. The van der Waals surface area contributed by atoms with E-state index in [1.807, 2.05) is 6.08 Å². The average Bonchev–Trinajstić information content (AvgIpc) is 2.57. The van der Waals surface area contributed by atoms with Crippen molar-refractivity contribution >= 4 is 0 Å². The van der Waals surface area contributed by atoms with E-state index >= 15 is 0 Å². The Morgan fingerprint density at radius 1 is 1.25 bits per heavy atom. The van der Waals surface area contributed by atoms with Crippen LogP contribution in [0, 0.1) is 0 Å². The molecular formula is C10H18N2. The normalized spacial score (nSPS) is 17.5. The van der Waals surface area contributed by atoms with Crippen molar-refractivity contribution in [3.05, 3.63) is 24.9 Å². The van der Waals surface area contributed by atoms with Crippen molar-refractivity contribution in [2.75, 3.05) is 26.2 Å². The molecule has 1 aliphatic heterocycles. The van der Waals surface area contributed by atoms with Gasteiger partial charge in [0.05, 0.1) is 0 Å². The molecule has 0 aromatic heterocycles. The minimum atomic E-state index is 0.893. The molecule has 1 rings (SSSR count). The van der Waals surface area contributed by atoms with Crippen LogP contribution in [0.4, 0.5) is 0 Å². The predicted octanol–water partition coefficient (Wildman–Crippen LogP) is 1.37. The second-order valence-electron chi connectivity index (χ2n) is 3.07. The summed E-state index contributed by atoms with van der Waals surface area (Å²) in [5, 5.41) is 3.23. The van der Waals surface area contributed by atoms with E-state index in [1.54, 1.807) is 0 Å². The monoisotopic (exact) mass is 166 g/mol. The van der Waals surface area contributed by atoms with E-state index in [-0.39, 0.29) is 0 Å². The Morgan fingerprint density at radius 2 is 2.00 bits per heavy atom. The van der Waals surface area contributed by atoms with Gasteiger partial charge in [-0.25, -0.2) is 0 Å². The number of rotatable bonds is 5. The third kappa shape index (κ3) is 3.58. The number of hydrogen-bond donors (Lipinski definition) is 1. The fourth-order valence-corrected chi connectivity index (χ4v) is 1.36. The largest absolute Gasteiger partial charge is 0.378 e. The first kappa shape index (κ1) is 9.33. The number of hydrogen-bond acceptors (Lipinski definition) is 2. The molecule has 0 saturated carbocycles. The molecule has 1 N–H and O–H groups in total. The maximum atomic E-state index is 3.64. The third-order valence-electron chi connectivity index (χ3n) is 2.01. The van der Waals surface area contributed by atoms with Gasteiger partial charge < -0.3 is 10.2 Å². The molecule has 1 fully saturated rings. The van der Waals surface area contributed by atoms with E-state index in [0.717, 1.165) is 13.1 Å². The van der Waals surface area contributed by atoms with Gasteiger partial charge in [0.25, 0.3) is 0 Å². The molecule has 0 aromatic carbocycles. The molecule has 68 valence electrons. The molecule has 2 nitrogen and oxygen atoms in total. The highest BCUT2D eigenvalue weighted by Gasteiger charge is 2.05. The predicted molar refractivity (Wildman–Crippen MR) is 53.0 cm³/mol. The lowest BCUT2D eigenvalue weighted by Gasteiger charge is -2.09. The van der Waals surface area contributed by atoms with Crippen LogP contribution in [0.3, 0.4) is 0 Å². The van der Waals surface area contributed by atoms with Crippen LogP contribution in [-0.2, 0) is 0 Å². The van der Waals surface area contributed by atoms with Gasteiger partial charge in [0.15, 0.2) is 0 Å². The summed E-state index contributed by atoms with van der Waals surface area (Å²) in [6.45, 7) is 7.95. The number of likely N-dealkylation sites (tertiary alicyclic amines) is 1. The van der Waals surface area contributed by atoms with Gasteiger partial charge in [-0.05, 0) is 19.0 Å². The van der Waals surface area contributed by atoms with Gasteiger partial charge in [-0.2, -0.15) is 0 Å². The summed E-state index contributed by atoms with van der Waals surface area (Å²) in [6, 6.07) is 0. The Balaban J connectivity index is 2.00. The van der Waals surface area contributed by atoms with Crippen molar-refractivity contribution < 1.29 is 0 Å². The topological polar surface area (TPSA) is 15.3 Å². The van der Waals surface area contributed by atoms with E-state index in [1.165, 1.54) is 25.9 Å². The molecule has 1 saturated heterocycles. The maximum absolute atomic E-state index is 3.64. The third-order valence-corrected chi connectivity index (χ3v) is 2.01. The minimum absolute atomic E-state index is 0.893. The lowest BCUT2D eigenvalue weighted by Crippen LogP contribution is -2.15. The Labute approximate surface area is 74.9 Å². The highest BCUT2D eigenvalue weighted by Crippen LogP contribution is 2.06. The van der Waals surface area contributed by atoms with Gasteiger partial charge in [0.1, 0.15) is 0 Å². The summed E-state index contributed by atoms with van der Waals surface area (Å²) in [7, 11) is 0. The Bertz CT molecular complexity index is 146. The fourth-order valence-electron chi connectivity index (χ4n) is 1.36. The van der Waals surface area contributed by atoms with E-state index in [2.05, 4.69) is 29.1 Å². The second kappa shape index (κ2) is 5.84. The van der Waals surface area contributed by atoms with Crippen molar-refractivity contribution in [1.82, 2.24) is 10.2 Å². The molecule has 0 aromatic rings. The standard InChI is InChI=1S/C10H18N2/c1-2-6-11-7-5-10-12-8-3-4-9-12/h2,5,10-11H,1,3-4,6-9H2. The SMILES string of the molecule is C=CCNCC=CN1CCCC1. The summed E-state index contributed by atoms with van der Waals surface area (Å²) < 4.78 is 0. The van der Waals surface area contributed by atoms with Crippen LogP contribution >= 0.6 is 0 Å². The first-order valence-corrected chi connectivity index (χ1v) is 4.66. The van der Waals surface area contributed by atoms with Crippen LogP contribution in [0.25, 0.3) is 0 Å². The lowest BCUT2D eigenvalue weighted by atomic mass is 10.4. The highest BCUT2D eigenvalue weighted by molar-refractivity contribution is 4.87. The van der Waals surface area contributed by atoms with Crippen molar-refractivity contribution in [3.8, 4) is 0 Å². The second-order valence-corrected chi connectivity index (χ2v) is 3.07. The molecule has 0 unspecified atom stereocenters. The lowest BCUT2D eigenvalue weighted by molar-refractivity contribution is 0.466. The summed E-state index contributed by atoms with van der Waals surface area (Å²) in [6.07, 6.45) is 8.95. The van der Waals surface area contributed by atoms with E-state index < -0.39 is 0 Å². The Morgan fingerprint density at radius 3 is 2.67 bits per heavy atom. The molecule has 12 heavy (non-hydrogen) atoms. The van der Waals surface area contributed by atoms with Crippen LogP contribution in [0.1, 0.15) is 12.8 Å². The molecular weight excluding hydrogens is 148 g/mol. The fraction of sp³-hybridized carbons (Fsp3) is 0.600. The van der Waals surface area contributed by atoms with Crippen LogP contribution in [0.15, 0.2) is 24.9 Å². The molecule has 0 atom stereocenters. The molecule has 0 amide bonds. The van der Waals surface area contributed by atoms with Crippen molar-refractivity contribution in [2.24, 2.45) is 0 Å².